The largest absolute Gasteiger partial charge is 0.490 e. The van der Waals surface area contributed by atoms with Crippen LogP contribution < -0.4 is 20.1 Å². The van der Waals surface area contributed by atoms with Crippen molar-refractivity contribution in [1.82, 2.24) is 5.32 Å². The van der Waals surface area contributed by atoms with Crippen LogP contribution >= 0.6 is 15.9 Å². The van der Waals surface area contributed by atoms with Gasteiger partial charge in [0, 0.05) is 18.3 Å². The quantitative estimate of drug-likeness (QED) is 0.467. The number of nitrogens with one attached hydrogen (secondary N) is 2. The van der Waals surface area contributed by atoms with Crippen molar-refractivity contribution in [3.63, 3.8) is 0 Å². The molecule has 0 aliphatic rings. The van der Waals surface area contributed by atoms with Crippen LogP contribution in [0.5, 0.6) is 11.5 Å². The summed E-state index contributed by atoms with van der Waals surface area (Å²) in [4.78, 5) is 12.2. The van der Waals surface area contributed by atoms with E-state index in [9.17, 15) is 9.90 Å². The Balaban J connectivity index is 2.04. The molecule has 0 radical (unpaired) electrons. The predicted molar refractivity (Wildman–Crippen MR) is 119 cm³/mol. The monoisotopic (exact) mass is 464 g/mol. The van der Waals surface area contributed by atoms with Gasteiger partial charge in [-0.2, -0.15) is 0 Å². The molecule has 1 amide bonds. The molecule has 2 aromatic carbocycles. The number of hydrogen-bond donors (Lipinski definition) is 3. The second kappa shape index (κ2) is 11.8. The lowest BCUT2D eigenvalue weighted by atomic mass is 10.1. The fraction of sp³-hybridized carbons (Fsp3) is 0.409. The fourth-order valence-electron chi connectivity index (χ4n) is 2.70. The Bertz CT molecular complexity index is 792. The van der Waals surface area contributed by atoms with Gasteiger partial charge in [-0.25, -0.2) is 0 Å². The second-order valence-corrected chi connectivity index (χ2v) is 7.56. The highest BCUT2D eigenvalue weighted by molar-refractivity contribution is 9.10. The average Bonchev–Trinajstić information content (AvgIpc) is 2.70. The third-order valence-electron chi connectivity index (χ3n) is 4.36. The van der Waals surface area contributed by atoms with Gasteiger partial charge in [-0.05, 0) is 66.0 Å². The number of anilines is 1. The van der Waals surface area contributed by atoms with Gasteiger partial charge in [-0.3, -0.25) is 4.79 Å². The maximum absolute atomic E-state index is 12.2. The topological polar surface area (TPSA) is 79.8 Å². The summed E-state index contributed by atoms with van der Waals surface area (Å²) in [5.74, 6) is 0.811. The first-order chi connectivity index (χ1) is 14.0. The maximum Gasteiger partial charge on any atom is 0.262 e. The summed E-state index contributed by atoms with van der Waals surface area (Å²) < 4.78 is 12.2. The lowest BCUT2D eigenvalue weighted by Crippen LogP contribution is -2.31. The Morgan fingerprint density at radius 3 is 2.52 bits per heavy atom. The van der Waals surface area contributed by atoms with Crippen LogP contribution in [0.1, 0.15) is 31.4 Å². The van der Waals surface area contributed by atoms with Gasteiger partial charge in [0.2, 0.25) is 0 Å². The number of hydrogen-bond acceptors (Lipinski definition) is 5. The molecule has 0 spiro atoms. The van der Waals surface area contributed by atoms with Gasteiger partial charge in [0.15, 0.2) is 18.1 Å². The van der Waals surface area contributed by atoms with Crippen LogP contribution in [0.2, 0.25) is 0 Å². The first-order valence-corrected chi connectivity index (χ1v) is 10.5. The number of aryl methyl sites for hydroxylation is 1. The van der Waals surface area contributed by atoms with E-state index in [0.717, 1.165) is 23.2 Å². The average molecular weight is 465 g/mol. The number of amides is 1. The number of halogens is 1. The van der Waals surface area contributed by atoms with Crippen LogP contribution in [0.4, 0.5) is 5.69 Å². The second-order valence-electron chi connectivity index (χ2n) is 6.71. The van der Waals surface area contributed by atoms with E-state index in [0.29, 0.717) is 29.1 Å². The van der Waals surface area contributed by atoms with E-state index >= 15 is 0 Å². The third kappa shape index (κ3) is 7.34. The zero-order valence-electron chi connectivity index (χ0n) is 17.1. The van der Waals surface area contributed by atoms with Crippen molar-refractivity contribution < 1.29 is 19.4 Å². The highest BCUT2D eigenvalue weighted by Crippen LogP contribution is 2.37. The van der Waals surface area contributed by atoms with Gasteiger partial charge in [-0.1, -0.05) is 24.6 Å². The summed E-state index contributed by atoms with van der Waals surface area (Å²) in [5, 5.41) is 15.4. The smallest absolute Gasteiger partial charge is 0.262 e. The van der Waals surface area contributed by atoms with E-state index in [2.05, 4.69) is 26.6 Å². The summed E-state index contributed by atoms with van der Waals surface area (Å²) in [6.07, 6.45) is 0.841. The van der Waals surface area contributed by atoms with E-state index in [1.165, 1.54) is 0 Å². The molecule has 0 bridgehead atoms. The molecular weight excluding hydrogens is 436 g/mol. The van der Waals surface area contributed by atoms with Crippen LogP contribution in [0.15, 0.2) is 40.9 Å². The van der Waals surface area contributed by atoms with Crippen LogP contribution in [0, 0.1) is 6.92 Å². The van der Waals surface area contributed by atoms with E-state index in [-0.39, 0.29) is 25.2 Å². The molecule has 3 N–H and O–H groups in total. The van der Waals surface area contributed by atoms with Crippen LogP contribution in [0.25, 0.3) is 0 Å². The van der Waals surface area contributed by atoms with E-state index < -0.39 is 0 Å². The van der Waals surface area contributed by atoms with Gasteiger partial charge in [0.05, 0.1) is 17.7 Å². The molecular formula is C22H29BrN2O4. The van der Waals surface area contributed by atoms with Gasteiger partial charge in [0.25, 0.3) is 5.91 Å². The minimum absolute atomic E-state index is 0.0470. The van der Waals surface area contributed by atoms with Crippen molar-refractivity contribution in [1.29, 1.82) is 0 Å². The van der Waals surface area contributed by atoms with E-state index in [1.807, 2.05) is 57.2 Å². The first-order valence-electron chi connectivity index (χ1n) is 9.75. The summed E-state index contributed by atoms with van der Waals surface area (Å²) in [5.41, 5.74) is 2.84. The van der Waals surface area contributed by atoms with Crippen molar-refractivity contribution in [2.24, 2.45) is 0 Å². The predicted octanol–water partition coefficient (Wildman–Crippen LogP) is 4.03. The van der Waals surface area contributed by atoms with Crippen molar-refractivity contribution in [3.8, 4) is 11.5 Å². The molecule has 2 aromatic rings. The Labute approximate surface area is 180 Å². The van der Waals surface area contributed by atoms with Crippen LogP contribution in [0.3, 0.4) is 0 Å². The minimum Gasteiger partial charge on any atom is -0.490 e. The molecule has 2 rings (SSSR count). The molecule has 6 nitrogen and oxygen atoms in total. The van der Waals surface area contributed by atoms with Crippen molar-refractivity contribution in [2.45, 2.75) is 39.8 Å². The summed E-state index contributed by atoms with van der Waals surface area (Å²) in [6, 6.07) is 11.4. The van der Waals surface area contributed by atoms with Crippen molar-refractivity contribution >= 4 is 27.5 Å². The van der Waals surface area contributed by atoms with Gasteiger partial charge in [-0.15, -0.1) is 0 Å². The number of ether oxygens (including phenoxy) is 2. The van der Waals surface area contributed by atoms with Crippen LogP contribution in [-0.2, 0) is 11.3 Å². The zero-order chi connectivity index (χ0) is 21.2. The van der Waals surface area contributed by atoms with Crippen molar-refractivity contribution in [3.05, 3.63) is 52.0 Å². The lowest BCUT2D eigenvalue weighted by molar-refractivity contribution is -0.118. The lowest BCUT2D eigenvalue weighted by Gasteiger charge is -2.17. The molecule has 0 heterocycles. The number of carbonyl (C=O) groups is 1. The summed E-state index contributed by atoms with van der Waals surface area (Å²) >= 11 is 3.52. The zero-order valence-corrected chi connectivity index (χ0v) is 18.7. The van der Waals surface area contributed by atoms with Crippen LogP contribution in [-0.4, -0.2) is 36.9 Å². The van der Waals surface area contributed by atoms with Gasteiger partial charge >= 0.3 is 0 Å². The highest BCUT2D eigenvalue weighted by atomic mass is 79.9. The Morgan fingerprint density at radius 2 is 1.90 bits per heavy atom. The van der Waals surface area contributed by atoms with E-state index in [4.69, 9.17) is 9.47 Å². The Hall–Kier alpha value is -2.09. The number of carbonyl (C=O) groups excluding carboxylic acids is 1. The molecule has 0 unspecified atom stereocenters. The van der Waals surface area contributed by atoms with Gasteiger partial charge in [0.1, 0.15) is 0 Å². The standard InChI is InChI=1S/C22H29BrN2O4/c1-4-17(13-26)24-12-16-10-19(23)22(20(11-16)28-5-2)29-14-21(27)25-18-8-6-15(3)7-9-18/h6-11,17,24,26H,4-5,12-14H2,1-3H3,(H,25,27)/t17-/m1/s1. The molecule has 0 saturated heterocycles. The summed E-state index contributed by atoms with van der Waals surface area (Å²) in [7, 11) is 0. The SMILES string of the molecule is CCOc1cc(CN[C@H](CC)CO)cc(Br)c1OCC(=O)Nc1ccc(C)cc1. The molecule has 0 saturated carbocycles. The fourth-order valence-corrected chi connectivity index (χ4v) is 3.30. The first kappa shape index (κ1) is 23.2. The summed E-state index contributed by atoms with van der Waals surface area (Å²) in [6.45, 7) is 6.93. The number of aliphatic hydroxyl groups excluding tert-OH is 1. The normalized spacial score (nSPS) is 11.8. The minimum atomic E-state index is -0.248. The molecule has 0 aliphatic carbocycles. The molecule has 1 atom stereocenters. The van der Waals surface area contributed by atoms with E-state index in [1.54, 1.807) is 0 Å². The molecule has 7 heteroatoms. The number of aliphatic hydroxyl groups is 1. The molecule has 158 valence electrons. The maximum atomic E-state index is 12.2. The number of benzene rings is 2. The molecule has 29 heavy (non-hydrogen) atoms. The van der Waals surface area contributed by atoms with Crippen molar-refractivity contribution in [2.75, 3.05) is 25.1 Å². The molecule has 0 fully saturated rings. The Kier molecular flexibility index (Phi) is 9.44. The Morgan fingerprint density at radius 1 is 1.17 bits per heavy atom. The third-order valence-corrected chi connectivity index (χ3v) is 4.95. The number of rotatable bonds is 11. The molecule has 0 aliphatic heterocycles. The highest BCUT2D eigenvalue weighted by Gasteiger charge is 2.15. The van der Waals surface area contributed by atoms with Gasteiger partial charge < -0.3 is 25.2 Å². The molecule has 0 aromatic heterocycles.